The van der Waals surface area contributed by atoms with Crippen LogP contribution in [0.1, 0.15) is 76.5 Å². The molecule has 14 heteroatoms. The summed E-state index contributed by atoms with van der Waals surface area (Å²) in [5.41, 5.74) is 13.8. The van der Waals surface area contributed by atoms with E-state index >= 15 is 0 Å². The maximum atomic E-state index is 12.2. The van der Waals surface area contributed by atoms with Gasteiger partial charge in [0.1, 0.15) is 20.2 Å². The van der Waals surface area contributed by atoms with Crippen LogP contribution in [0.4, 0.5) is 11.4 Å². The molecule has 63 heavy (non-hydrogen) atoms. The molecule has 0 unspecified atom stereocenters. The van der Waals surface area contributed by atoms with E-state index in [1.54, 1.807) is 36.0 Å². The maximum Gasteiger partial charge on any atom is 0.209 e. The summed E-state index contributed by atoms with van der Waals surface area (Å²) in [6, 6.07) is 17.9. The van der Waals surface area contributed by atoms with Crippen molar-refractivity contribution in [3.8, 4) is 0 Å². The van der Waals surface area contributed by atoms with Gasteiger partial charge in [-0.05, 0) is 104 Å². The van der Waals surface area contributed by atoms with Crippen LogP contribution in [0, 0.1) is 0 Å². The normalized spacial score (nSPS) is 19.2. The highest BCUT2D eigenvalue weighted by molar-refractivity contribution is 8.03. The van der Waals surface area contributed by atoms with Crippen LogP contribution in [0.5, 0.6) is 0 Å². The van der Waals surface area contributed by atoms with E-state index in [9.17, 15) is 25.9 Å². The Morgan fingerprint density at radius 2 is 1.37 bits per heavy atom. The van der Waals surface area contributed by atoms with Gasteiger partial charge >= 0.3 is 0 Å². The Morgan fingerprint density at radius 3 is 1.97 bits per heavy atom. The van der Waals surface area contributed by atoms with Gasteiger partial charge in [0.15, 0.2) is 12.3 Å². The molecule has 0 spiro atoms. The third-order valence-corrected chi connectivity index (χ3v) is 15.4. The van der Waals surface area contributed by atoms with Crippen molar-refractivity contribution in [2.45, 2.75) is 91.9 Å². The number of quaternary nitrogens is 2. The van der Waals surface area contributed by atoms with Crippen molar-refractivity contribution in [3.63, 3.8) is 0 Å². The number of fused-ring (bicyclic) bond motifs is 2. The van der Waals surface area contributed by atoms with E-state index in [4.69, 9.17) is 5.73 Å². The lowest BCUT2D eigenvalue weighted by Crippen LogP contribution is -2.37. The van der Waals surface area contributed by atoms with E-state index in [-0.39, 0.29) is 9.79 Å². The Labute approximate surface area is 381 Å². The van der Waals surface area contributed by atoms with Gasteiger partial charge in [-0.1, -0.05) is 49.9 Å². The van der Waals surface area contributed by atoms with Crippen molar-refractivity contribution in [3.05, 3.63) is 123 Å². The van der Waals surface area contributed by atoms with E-state index in [0.29, 0.717) is 6.54 Å². The fraction of sp³-hybridized carbons (Fsp3) is 0.449. The topological polar surface area (TPSA) is 147 Å². The molecule has 1 aliphatic carbocycles. The summed E-state index contributed by atoms with van der Waals surface area (Å²) in [5, 5.41) is 0. The first-order chi connectivity index (χ1) is 29.2. The minimum absolute atomic E-state index is 0.222. The van der Waals surface area contributed by atoms with E-state index < -0.39 is 31.1 Å². The molecule has 3 aromatic carbocycles. The molecular weight excluding hydrogens is 851 g/mol. The van der Waals surface area contributed by atoms with Crippen molar-refractivity contribution in [1.29, 1.82) is 0 Å². The quantitative estimate of drug-likeness (QED) is 0.0861. The Bertz CT molecular complexity index is 2630. The first-order valence-corrected chi connectivity index (χ1v) is 25.4. The number of nitrogens with zero attached hydrogens (tertiary/aromatic N) is 4. The number of hydrogen-bond acceptors (Lipinski definition) is 9. The minimum atomic E-state index is -4.65. The molecule has 0 saturated carbocycles. The van der Waals surface area contributed by atoms with Gasteiger partial charge in [0, 0.05) is 63.8 Å². The molecule has 0 atom stereocenters. The van der Waals surface area contributed by atoms with Crippen LogP contribution in [-0.4, -0.2) is 114 Å². The molecule has 0 amide bonds. The third kappa shape index (κ3) is 11.2. The summed E-state index contributed by atoms with van der Waals surface area (Å²) in [7, 11) is 3.74. The van der Waals surface area contributed by atoms with Crippen LogP contribution < -0.4 is 10.6 Å². The Balaban J connectivity index is 1.48. The number of nitrogens with two attached hydrogens (primary N) is 1. The van der Waals surface area contributed by atoms with Crippen molar-refractivity contribution in [2.24, 2.45) is 5.73 Å². The largest absolute Gasteiger partial charge is 0.744 e. The summed E-state index contributed by atoms with van der Waals surface area (Å²) >= 11 is 1.73. The van der Waals surface area contributed by atoms with Crippen LogP contribution >= 0.6 is 11.8 Å². The Kier molecular flexibility index (Phi) is 14.0. The molecule has 3 aliphatic rings. The second kappa shape index (κ2) is 18.2. The van der Waals surface area contributed by atoms with Gasteiger partial charge in [0.05, 0.1) is 77.0 Å². The van der Waals surface area contributed by atoms with E-state index in [2.05, 4.69) is 128 Å². The van der Waals surface area contributed by atoms with Crippen LogP contribution in [0.15, 0.2) is 121 Å². The monoisotopic (exact) mass is 916 g/mol. The highest BCUT2D eigenvalue weighted by Crippen LogP contribution is 2.49. The van der Waals surface area contributed by atoms with Crippen LogP contribution in [0.25, 0.3) is 0 Å². The standard InChI is InChI=1S/C49H66N5O6S3/c1-48(2)41-32-39(62(55,56)57)22-24-43(41)51(28-12-30-53(5,6)7)45(48)26-18-36-14-11-15-37(47(36)61-38-20-16-35(34-50)17-21-38)19-27-46-49(3,4)42-33-40(63(58,59)60)23-25-44(42)52(46)29-13-31-54(8,9)10/h16-27,32-33H,11-15,28-31,34,50H2,1-10H3/q+1. The van der Waals surface area contributed by atoms with Gasteiger partial charge in [0.2, 0.25) is 5.69 Å². The molecule has 6 rings (SSSR count). The van der Waals surface area contributed by atoms with Gasteiger partial charge < -0.3 is 28.7 Å². The molecular formula is C49H66N5O6S3+. The summed E-state index contributed by atoms with van der Waals surface area (Å²) in [5.74, 6) is 0. The lowest BCUT2D eigenvalue weighted by molar-refractivity contribution is -0.871. The molecule has 11 nitrogen and oxygen atoms in total. The molecule has 0 fully saturated rings. The lowest BCUT2D eigenvalue weighted by atomic mass is 9.81. The summed E-state index contributed by atoms with van der Waals surface area (Å²) < 4.78 is 77.1. The predicted molar refractivity (Wildman–Crippen MR) is 253 cm³/mol. The van der Waals surface area contributed by atoms with E-state index in [0.717, 1.165) is 117 Å². The number of hydrogen-bond donors (Lipinski definition) is 1. The summed E-state index contributed by atoms with van der Waals surface area (Å²) in [4.78, 5) is 4.10. The molecule has 0 bridgehead atoms. The Hall–Kier alpha value is -3.86. The van der Waals surface area contributed by atoms with Crippen LogP contribution in [0.2, 0.25) is 0 Å². The molecule has 3 aromatic rings. The first-order valence-electron chi connectivity index (χ1n) is 21.7. The van der Waals surface area contributed by atoms with Crippen LogP contribution in [0.3, 0.4) is 0 Å². The number of benzene rings is 3. The summed E-state index contributed by atoms with van der Waals surface area (Å²) in [6.07, 6.45) is 13.3. The molecule has 2 heterocycles. The van der Waals surface area contributed by atoms with Gasteiger partial charge in [-0.25, -0.2) is 16.8 Å². The molecule has 2 aliphatic heterocycles. The third-order valence-electron chi connectivity index (χ3n) is 12.5. The Morgan fingerprint density at radius 1 is 0.762 bits per heavy atom. The predicted octanol–water partition coefficient (Wildman–Crippen LogP) is 7.92. The van der Waals surface area contributed by atoms with Crippen LogP contribution in [-0.2, 0) is 37.6 Å². The van der Waals surface area contributed by atoms with Crippen molar-refractivity contribution in [2.75, 3.05) is 73.4 Å². The fourth-order valence-corrected chi connectivity index (χ4v) is 11.1. The second-order valence-electron chi connectivity index (χ2n) is 20.2. The number of rotatable bonds is 16. The maximum absolute atomic E-state index is 12.2. The minimum Gasteiger partial charge on any atom is -0.744 e. The second-order valence-corrected chi connectivity index (χ2v) is 24.0. The molecule has 0 saturated heterocycles. The SMILES string of the molecule is CC1(C)C(/C=C/C2=C(Sc3ccc(CN)cc3)C(=C/C=C3/N(CCC[N+](C)(C)C)c4ccc(S(=O)(=O)[O-])cc4C3(C)C)/CCC2)=[N+](CCC[N+](C)(C)C)c2ccc(S(=O)(=O)[O-])cc21. The number of anilines is 1. The average Bonchev–Trinajstić information content (AvgIpc) is 3.52. The molecule has 0 aromatic heterocycles. The fourth-order valence-electron chi connectivity index (χ4n) is 9.03. The van der Waals surface area contributed by atoms with Gasteiger partial charge in [0.25, 0.3) is 0 Å². The zero-order valence-electron chi connectivity index (χ0n) is 38.7. The molecule has 0 radical (unpaired) electrons. The molecule has 2 N–H and O–H groups in total. The molecule has 340 valence electrons. The highest BCUT2D eigenvalue weighted by Gasteiger charge is 2.45. The smallest absolute Gasteiger partial charge is 0.209 e. The van der Waals surface area contributed by atoms with Crippen molar-refractivity contribution < 1.29 is 39.5 Å². The summed E-state index contributed by atoms with van der Waals surface area (Å²) in [6.45, 7) is 12.2. The van der Waals surface area contributed by atoms with Gasteiger partial charge in [-0.15, -0.1) is 0 Å². The number of thioether (sulfide) groups is 1. The zero-order chi connectivity index (χ0) is 46.3. The van der Waals surface area contributed by atoms with E-state index in [1.165, 1.54) is 23.3 Å². The van der Waals surface area contributed by atoms with Gasteiger partial charge in [-0.2, -0.15) is 4.58 Å². The number of allylic oxidation sites excluding steroid dienone is 7. The van der Waals surface area contributed by atoms with E-state index in [1.807, 2.05) is 0 Å². The van der Waals surface area contributed by atoms with Crippen molar-refractivity contribution in [1.82, 2.24) is 0 Å². The average molecular weight is 917 g/mol. The van der Waals surface area contributed by atoms with Gasteiger partial charge in [-0.3, -0.25) is 0 Å². The first kappa shape index (κ1) is 48.6. The lowest BCUT2D eigenvalue weighted by Gasteiger charge is -2.29. The highest BCUT2D eigenvalue weighted by atomic mass is 32.2. The zero-order valence-corrected chi connectivity index (χ0v) is 41.1. The van der Waals surface area contributed by atoms with Crippen molar-refractivity contribution >= 4 is 49.1 Å².